The highest BCUT2D eigenvalue weighted by molar-refractivity contribution is 5.71. The Morgan fingerprint density at radius 2 is 2.07 bits per heavy atom. The molecule has 3 heterocycles. The molecule has 0 aliphatic rings. The fraction of sp³-hybridized carbons (Fsp3) is 0.389. The van der Waals surface area contributed by atoms with E-state index in [1.807, 2.05) is 6.07 Å². The van der Waals surface area contributed by atoms with E-state index in [1.54, 1.807) is 39.2 Å². The second-order valence-corrected chi connectivity index (χ2v) is 7.40. The van der Waals surface area contributed by atoms with Gasteiger partial charge < -0.3 is 15.0 Å². The van der Waals surface area contributed by atoms with E-state index in [0.717, 1.165) is 5.56 Å². The fourth-order valence-electron chi connectivity index (χ4n) is 2.71. The number of carbonyl (C=O) groups excluding carboxylic acids is 1. The number of aromatic amines is 2. The molecular weight excluding hydrogens is 364 g/mol. The number of imidazole rings is 1. The molecule has 10 nitrogen and oxygen atoms in total. The normalized spacial score (nSPS) is 12.7. The summed E-state index contributed by atoms with van der Waals surface area (Å²) in [6, 6.07) is 3.02. The Balaban J connectivity index is 2.00. The number of aryl methyl sites for hydroxylation is 1. The lowest BCUT2D eigenvalue weighted by Gasteiger charge is -2.22. The third kappa shape index (κ3) is 4.27. The van der Waals surface area contributed by atoms with Crippen molar-refractivity contribution < 1.29 is 9.53 Å². The molecule has 0 bridgehead atoms. The van der Waals surface area contributed by atoms with Crippen LogP contribution < -0.4 is 16.6 Å². The van der Waals surface area contributed by atoms with E-state index in [0.29, 0.717) is 12.2 Å². The van der Waals surface area contributed by atoms with Gasteiger partial charge in [-0.2, -0.15) is 0 Å². The highest BCUT2D eigenvalue weighted by Crippen LogP contribution is 2.18. The molecule has 3 aromatic rings. The van der Waals surface area contributed by atoms with Crippen molar-refractivity contribution in [2.75, 3.05) is 0 Å². The van der Waals surface area contributed by atoms with Crippen molar-refractivity contribution in [3.05, 3.63) is 56.8 Å². The average molecular weight is 386 g/mol. The molecule has 3 N–H and O–H groups in total. The van der Waals surface area contributed by atoms with Crippen LogP contribution in [0.1, 0.15) is 38.2 Å². The van der Waals surface area contributed by atoms with Gasteiger partial charge in [0.2, 0.25) is 0 Å². The van der Waals surface area contributed by atoms with Crippen LogP contribution in [0, 0.1) is 0 Å². The first-order valence-electron chi connectivity index (χ1n) is 8.71. The van der Waals surface area contributed by atoms with Gasteiger partial charge in [0, 0.05) is 25.9 Å². The number of nitrogens with zero attached hydrogens (tertiary/aromatic N) is 3. The molecule has 0 saturated heterocycles. The van der Waals surface area contributed by atoms with Crippen LogP contribution in [0.3, 0.4) is 0 Å². The third-order valence-corrected chi connectivity index (χ3v) is 3.96. The van der Waals surface area contributed by atoms with Crippen LogP contribution >= 0.6 is 0 Å². The molecule has 0 fully saturated rings. The van der Waals surface area contributed by atoms with Gasteiger partial charge in [-0.05, 0) is 32.4 Å². The van der Waals surface area contributed by atoms with E-state index < -0.39 is 29.0 Å². The zero-order valence-corrected chi connectivity index (χ0v) is 16.1. The van der Waals surface area contributed by atoms with Crippen molar-refractivity contribution in [1.29, 1.82) is 0 Å². The van der Waals surface area contributed by atoms with Crippen molar-refractivity contribution in [2.24, 2.45) is 7.05 Å². The maximum atomic E-state index is 12.3. The van der Waals surface area contributed by atoms with Gasteiger partial charge in [0.25, 0.3) is 5.56 Å². The Labute approximate surface area is 160 Å². The molecule has 1 unspecified atom stereocenters. The number of aromatic nitrogens is 5. The number of amides is 1. The van der Waals surface area contributed by atoms with Gasteiger partial charge in [0.1, 0.15) is 16.9 Å². The lowest BCUT2D eigenvalue weighted by Crippen LogP contribution is -2.36. The summed E-state index contributed by atoms with van der Waals surface area (Å²) in [4.78, 5) is 49.8. The summed E-state index contributed by atoms with van der Waals surface area (Å²) in [6.07, 6.45) is 3.06. The number of fused-ring (bicyclic) bond motifs is 1. The third-order valence-electron chi connectivity index (χ3n) is 3.96. The molecule has 0 aliphatic heterocycles. The molecule has 3 aromatic heterocycles. The highest BCUT2D eigenvalue weighted by Gasteiger charge is 2.24. The van der Waals surface area contributed by atoms with Gasteiger partial charge in [-0.15, -0.1) is 0 Å². The van der Waals surface area contributed by atoms with Crippen LogP contribution in [0.4, 0.5) is 4.79 Å². The first-order valence-corrected chi connectivity index (χ1v) is 8.71. The number of pyridine rings is 1. The van der Waals surface area contributed by atoms with Gasteiger partial charge in [-0.25, -0.2) is 14.6 Å². The Kier molecular flexibility index (Phi) is 5.04. The van der Waals surface area contributed by atoms with E-state index in [-0.39, 0.29) is 11.2 Å². The van der Waals surface area contributed by atoms with Crippen molar-refractivity contribution in [1.82, 2.24) is 29.8 Å². The maximum absolute atomic E-state index is 12.3. The van der Waals surface area contributed by atoms with E-state index >= 15 is 0 Å². The molecule has 28 heavy (non-hydrogen) atoms. The van der Waals surface area contributed by atoms with Gasteiger partial charge in [0.15, 0.2) is 5.65 Å². The average Bonchev–Trinajstić information content (AvgIpc) is 3.05. The predicted molar refractivity (Wildman–Crippen MR) is 102 cm³/mol. The molecule has 0 saturated carbocycles. The highest BCUT2D eigenvalue weighted by atomic mass is 16.6. The lowest BCUT2D eigenvalue weighted by atomic mass is 10.1. The summed E-state index contributed by atoms with van der Waals surface area (Å²) in [5.41, 5.74) is -0.608. The Bertz CT molecular complexity index is 1110. The number of carbonyl (C=O) groups is 1. The van der Waals surface area contributed by atoms with Crippen molar-refractivity contribution in [3.63, 3.8) is 0 Å². The van der Waals surface area contributed by atoms with Crippen LogP contribution in [-0.2, 0) is 18.2 Å². The van der Waals surface area contributed by atoms with Crippen LogP contribution in [0.2, 0.25) is 0 Å². The Morgan fingerprint density at radius 3 is 2.71 bits per heavy atom. The smallest absolute Gasteiger partial charge is 0.408 e. The molecule has 3 rings (SSSR count). The standard InChI is InChI=1S/C18H22N6O4/c1-18(2,3)28-17(27)20-11(8-10-6-5-7-19-9-10)13-21-12-14(22-13)24(4)16(26)23-15(12)25/h5-7,9,11H,8H2,1-4H3,(H,20,27)(H,21,22)(H,23,25,26). The van der Waals surface area contributed by atoms with Crippen LogP contribution in [0.15, 0.2) is 34.1 Å². The predicted octanol–water partition coefficient (Wildman–Crippen LogP) is 1.15. The molecule has 0 radical (unpaired) electrons. The van der Waals surface area contributed by atoms with Gasteiger partial charge >= 0.3 is 11.8 Å². The maximum Gasteiger partial charge on any atom is 0.408 e. The van der Waals surface area contributed by atoms with E-state index in [9.17, 15) is 14.4 Å². The summed E-state index contributed by atoms with van der Waals surface area (Å²) in [6.45, 7) is 5.29. The lowest BCUT2D eigenvalue weighted by molar-refractivity contribution is 0.0501. The first-order chi connectivity index (χ1) is 13.1. The largest absolute Gasteiger partial charge is 0.444 e. The molecule has 10 heteroatoms. The quantitative estimate of drug-likeness (QED) is 0.616. The minimum absolute atomic E-state index is 0.152. The number of alkyl carbamates (subject to hydrolysis) is 1. The molecule has 0 aromatic carbocycles. The molecular formula is C18H22N6O4. The monoisotopic (exact) mass is 386 g/mol. The Hall–Kier alpha value is -3.43. The van der Waals surface area contributed by atoms with Crippen LogP contribution in [0.5, 0.6) is 0 Å². The summed E-state index contributed by atoms with van der Waals surface area (Å²) >= 11 is 0. The number of hydrogen-bond acceptors (Lipinski definition) is 6. The second kappa shape index (κ2) is 7.29. The van der Waals surface area contributed by atoms with Crippen molar-refractivity contribution in [3.8, 4) is 0 Å². The SMILES string of the molecule is Cn1c(=O)[nH]c(=O)c2[nH]c(C(Cc3cccnc3)NC(=O)OC(C)(C)C)nc21. The zero-order valence-electron chi connectivity index (χ0n) is 16.1. The van der Waals surface area contributed by atoms with Gasteiger partial charge in [-0.3, -0.25) is 19.3 Å². The van der Waals surface area contributed by atoms with Gasteiger partial charge in [0.05, 0.1) is 6.04 Å². The number of hydrogen-bond donors (Lipinski definition) is 3. The molecule has 0 aliphatic carbocycles. The minimum Gasteiger partial charge on any atom is -0.444 e. The summed E-state index contributed by atoms with van der Waals surface area (Å²) in [5.74, 6) is 0.330. The zero-order chi connectivity index (χ0) is 20.5. The summed E-state index contributed by atoms with van der Waals surface area (Å²) in [7, 11) is 1.50. The molecule has 0 spiro atoms. The van der Waals surface area contributed by atoms with Gasteiger partial charge in [-0.1, -0.05) is 6.07 Å². The minimum atomic E-state index is -0.669. The summed E-state index contributed by atoms with van der Waals surface area (Å²) < 4.78 is 6.57. The van der Waals surface area contributed by atoms with Crippen molar-refractivity contribution in [2.45, 2.75) is 38.8 Å². The number of H-pyrrole nitrogens is 2. The first kappa shape index (κ1) is 19.3. The van der Waals surface area contributed by atoms with Crippen LogP contribution in [0.25, 0.3) is 11.2 Å². The Morgan fingerprint density at radius 1 is 1.32 bits per heavy atom. The van der Waals surface area contributed by atoms with E-state index in [2.05, 4.69) is 25.3 Å². The molecule has 1 amide bonds. The topological polar surface area (TPSA) is 135 Å². The number of nitrogens with one attached hydrogen (secondary N) is 3. The second-order valence-electron chi connectivity index (χ2n) is 7.40. The van der Waals surface area contributed by atoms with E-state index in [4.69, 9.17) is 4.74 Å². The molecule has 1 atom stereocenters. The van der Waals surface area contributed by atoms with Crippen LogP contribution in [-0.4, -0.2) is 36.2 Å². The molecule has 148 valence electrons. The number of rotatable bonds is 4. The number of ether oxygens (including phenoxy) is 1. The van der Waals surface area contributed by atoms with E-state index in [1.165, 1.54) is 11.6 Å². The fourth-order valence-corrected chi connectivity index (χ4v) is 2.71. The van der Waals surface area contributed by atoms with Crippen molar-refractivity contribution >= 4 is 17.3 Å². The summed E-state index contributed by atoms with van der Waals surface area (Å²) in [5, 5.41) is 2.77.